The first-order valence-corrected chi connectivity index (χ1v) is 5.44. The summed E-state index contributed by atoms with van der Waals surface area (Å²) >= 11 is 0. The van der Waals surface area contributed by atoms with Crippen molar-refractivity contribution in [1.82, 2.24) is 4.98 Å². The van der Waals surface area contributed by atoms with Crippen LogP contribution in [-0.4, -0.2) is 11.3 Å². The second-order valence-corrected chi connectivity index (χ2v) is 3.94. The van der Waals surface area contributed by atoms with Gasteiger partial charge in [-0.3, -0.25) is 0 Å². The monoisotopic (exact) mass is 268 g/mol. The van der Waals surface area contributed by atoms with Crippen LogP contribution in [0.5, 0.6) is 5.75 Å². The Morgan fingerprint density at radius 1 is 1.16 bits per heavy atom. The molecular weight excluding hydrogens is 257 g/mol. The molecule has 0 saturated carbocycles. The van der Waals surface area contributed by atoms with Crippen LogP contribution in [0.2, 0.25) is 0 Å². The Bertz CT molecular complexity index is 597. The number of hydrogen-bond acceptors (Lipinski definition) is 3. The highest BCUT2D eigenvalue weighted by molar-refractivity contribution is 5.68. The molecule has 3 nitrogen and oxygen atoms in total. The summed E-state index contributed by atoms with van der Waals surface area (Å²) in [5, 5.41) is 0. The molecule has 2 aromatic rings. The van der Waals surface area contributed by atoms with Crippen LogP contribution in [0.4, 0.5) is 19.0 Å². The van der Waals surface area contributed by atoms with Crippen LogP contribution in [-0.2, 0) is 0 Å². The number of benzene rings is 1. The predicted molar refractivity (Wildman–Crippen MR) is 65.5 cm³/mol. The van der Waals surface area contributed by atoms with Gasteiger partial charge in [0.05, 0.1) is 0 Å². The van der Waals surface area contributed by atoms with Gasteiger partial charge in [0.2, 0.25) is 0 Å². The molecule has 0 saturated heterocycles. The third-order valence-electron chi connectivity index (χ3n) is 2.49. The summed E-state index contributed by atoms with van der Waals surface area (Å²) in [5.41, 5.74) is 7.48. The molecular formula is C13H11F3N2O. The topological polar surface area (TPSA) is 48.1 Å². The van der Waals surface area contributed by atoms with E-state index < -0.39 is 6.36 Å². The zero-order valence-electron chi connectivity index (χ0n) is 10.0. The van der Waals surface area contributed by atoms with Crippen LogP contribution in [0.3, 0.4) is 0 Å². The first kappa shape index (κ1) is 13.2. The SMILES string of the molecule is Cc1nc(N)ccc1-c1cccc(OC(F)(F)F)c1. The van der Waals surface area contributed by atoms with E-state index >= 15 is 0 Å². The Kier molecular flexibility index (Phi) is 3.33. The maximum Gasteiger partial charge on any atom is 0.573 e. The van der Waals surface area contributed by atoms with Crippen molar-refractivity contribution >= 4 is 5.82 Å². The lowest BCUT2D eigenvalue weighted by atomic mass is 10.0. The van der Waals surface area contributed by atoms with Gasteiger partial charge in [-0.2, -0.15) is 0 Å². The standard InChI is InChI=1S/C13H11F3N2O/c1-8-11(5-6-12(17)18-8)9-3-2-4-10(7-9)19-13(14,15)16/h2-7H,1H3,(H2,17,18). The minimum Gasteiger partial charge on any atom is -0.406 e. The number of ether oxygens (including phenoxy) is 1. The predicted octanol–water partition coefficient (Wildman–Crippen LogP) is 3.54. The number of nitrogen functional groups attached to an aromatic ring is 1. The molecule has 0 atom stereocenters. The maximum absolute atomic E-state index is 12.2. The molecule has 1 aromatic heterocycles. The fourth-order valence-corrected chi connectivity index (χ4v) is 1.75. The van der Waals surface area contributed by atoms with E-state index in [0.29, 0.717) is 22.6 Å². The average Bonchev–Trinajstić information content (AvgIpc) is 2.26. The Morgan fingerprint density at radius 3 is 2.53 bits per heavy atom. The van der Waals surface area contributed by atoms with Gasteiger partial charge in [-0.15, -0.1) is 13.2 Å². The number of nitrogens with zero attached hydrogens (tertiary/aromatic N) is 1. The van der Waals surface area contributed by atoms with Gasteiger partial charge < -0.3 is 10.5 Å². The van der Waals surface area contributed by atoms with Gasteiger partial charge in [-0.05, 0) is 36.8 Å². The van der Waals surface area contributed by atoms with Crippen molar-refractivity contribution < 1.29 is 17.9 Å². The Balaban J connectivity index is 2.38. The normalized spacial score (nSPS) is 11.4. The van der Waals surface area contributed by atoms with Crippen LogP contribution in [0.15, 0.2) is 36.4 Å². The van der Waals surface area contributed by atoms with E-state index in [1.165, 1.54) is 18.2 Å². The molecule has 0 spiro atoms. The Labute approximate surface area is 107 Å². The van der Waals surface area contributed by atoms with Gasteiger partial charge in [0, 0.05) is 11.3 Å². The van der Waals surface area contributed by atoms with Crippen LogP contribution >= 0.6 is 0 Å². The fraction of sp³-hybridized carbons (Fsp3) is 0.154. The summed E-state index contributed by atoms with van der Waals surface area (Å²) in [6.45, 7) is 1.74. The quantitative estimate of drug-likeness (QED) is 0.906. The van der Waals surface area contributed by atoms with E-state index in [1.807, 2.05) is 0 Å². The number of halogens is 3. The zero-order chi connectivity index (χ0) is 14.0. The molecule has 0 unspecified atom stereocenters. The van der Waals surface area contributed by atoms with Gasteiger partial charge in [-0.25, -0.2) is 4.98 Å². The molecule has 0 bridgehead atoms. The lowest BCUT2D eigenvalue weighted by molar-refractivity contribution is -0.274. The number of aryl methyl sites for hydroxylation is 1. The number of hydrogen-bond donors (Lipinski definition) is 1. The third-order valence-corrected chi connectivity index (χ3v) is 2.49. The van der Waals surface area contributed by atoms with E-state index in [0.717, 1.165) is 0 Å². The van der Waals surface area contributed by atoms with Gasteiger partial charge in [0.15, 0.2) is 0 Å². The maximum atomic E-state index is 12.2. The fourth-order valence-electron chi connectivity index (χ4n) is 1.75. The largest absolute Gasteiger partial charge is 0.573 e. The number of pyridine rings is 1. The van der Waals surface area contributed by atoms with Crippen LogP contribution in [0.1, 0.15) is 5.69 Å². The molecule has 0 aliphatic rings. The van der Waals surface area contributed by atoms with Crippen molar-refractivity contribution in [2.75, 3.05) is 5.73 Å². The highest BCUT2D eigenvalue weighted by atomic mass is 19.4. The van der Waals surface area contributed by atoms with Gasteiger partial charge in [-0.1, -0.05) is 12.1 Å². The lowest BCUT2D eigenvalue weighted by Crippen LogP contribution is -2.17. The molecule has 100 valence electrons. The van der Waals surface area contributed by atoms with Gasteiger partial charge in [0.1, 0.15) is 11.6 Å². The molecule has 1 aromatic carbocycles. The van der Waals surface area contributed by atoms with Crippen molar-refractivity contribution in [2.24, 2.45) is 0 Å². The molecule has 0 radical (unpaired) electrons. The van der Waals surface area contributed by atoms with Crippen molar-refractivity contribution in [3.63, 3.8) is 0 Å². The van der Waals surface area contributed by atoms with E-state index in [2.05, 4.69) is 9.72 Å². The Hall–Kier alpha value is -2.24. The molecule has 0 aliphatic carbocycles. The van der Waals surface area contributed by atoms with E-state index in [-0.39, 0.29) is 5.75 Å². The zero-order valence-corrected chi connectivity index (χ0v) is 10.0. The van der Waals surface area contributed by atoms with Crippen LogP contribution in [0, 0.1) is 6.92 Å². The first-order valence-electron chi connectivity index (χ1n) is 5.44. The molecule has 2 N–H and O–H groups in total. The first-order chi connectivity index (χ1) is 8.85. The summed E-state index contributed by atoms with van der Waals surface area (Å²) in [7, 11) is 0. The molecule has 6 heteroatoms. The van der Waals surface area contributed by atoms with Crippen molar-refractivity contribution in [3.05, 3.63) is 42.1 Å². The Morgan fingerprint density at radius 2 is 1.89 bits per heavy atom. The minimum absolute atomic E-state index is 0.263. The highest BCUT2D eigenvalue weighted by Gasteiger charge is 2.31. The second kappa shape index (κ2) is 4.79. The number of rotatable bonds is 2. The molecule has 0 fully saturated rings. The number of anilines is 1. The molecule has 19 heavy (non-hydrogen) atoms. The summed E-state index contributed by atoms with van der Waals surface area (Å²) in [4.78, 5) is 4.07. The van der Waals surface area contributed by atoms with Crippen molar-refractivity contribution in [3.8, 4) is 16.9 Å². The minimum atomic E-state index is -4.70. The van der Waals surface area contributed by atoms with Crippen molar-refractivity contribution in [2.45, 2.75) is 13.3 Å². The molecule has 0 aliphatic heterocycles. The summed E-state index contributed by atoms with van der Waals surface area (Å²) in [6, 6.07) is 9.05. The summed E-state index contributed by atoms with van der Waals surface area (Å²) < 4.78 is 40.4. The summed E-state index contributed by atoms with van der Waals surface area (Å²) in [5.74, 6) is 0.102. The van der Waals surface area contributed by atoms with E-state index in [4.69, 9.17) is 5.73 Å². The average molecular weight is 268 g/mol. The second-order valence-electron chi connectivity index (χ2n) is 3.94. The highest BCUT2D eigenvalue weighted by Crippen LogP contribution is 2.29. The number of aromatic nitrogens is 1. The smallest absolute Gasteiger partial charge is 0.406 e. The lowest BCUT2D eigenvalue weighted by Gasteiger charge is -2.11. The number of nitrogens with two attached hydrogens (primary N) is 1. The number of alkyl halides is 3. The van der Waals surface area contributed by atoms with E-state index in [1.54, 1.807) is 25.1 Å². The van der Waals surface area contributed by atoms with Crippen molar-refractivity contribution in [1.29, 1.82) is 0 Å². The van der Waals surface area contributed by atoms with Crippen LogP contribution in [0.25, 0.3) is 11.1 Å². The molecule has 0 amide bonds. The van der Waals surface area contributed by atoms with Crippen LogP contribution < -0.4 is 10.5 Å². The molecule has 1 heterocycles. The third kappa shape index (κ3) is 3.37. The molecule has 2 rings (SSSR count). The van der Waals surface area contributed by atoms with Gasteiger partial charge >= 0.3 is 6.36 Å². The van der Waals surface area contributed by atoms with Gasteiger partial charge in [0.25, 0.3) is 0 Å². The van der Waals surface area contributed by atoms with E-state index in [9.17, 15) is 13.2 Å². The summed E-state index contributed by atoms with van der Waals surface area (Å²) in [6.07, 6.45) is -4.70.